The van der Waals surface area contributed by atoms with Crippen molar-refractivity contribution in [1.82, 2.24) is 0 Å². The summed E-state index contributed by atoms with van der Waals surface area (Å²) in [7, 11) is 0. The van der Waals surface area contributed by atoms with E-state index in [-0.39, 0.29) is 18.2 Å². The third-order valence-electron chi connectivity index (χ3n) is 3.40. The molecular formula is C18H20N2O2. The molecular weight excluding hydrogens is 276 g/mol. The van der Waals surface area contributed by atoms with Crippen LogP contribution in [0.5, 0.6) is 0 Å². The summed E-state index contributed by atoms with van der Waals surface area (Å²) in [6.45, 7) is 5.83. The molecule has 0 bridgehead atoms. The molecule has 0 fully saturated rings. The largest absolute Gasteiger partial charge is 0.325 e. The molecule has 4 nitrogen and oxygen atoms in total. The highest BCUT2D eigenvalue weighted by Crippen LogP contribution is 2.17. The number of rotatable bonds is 4. The van der Waals surface area contributed by atoms with Crippen molar-refractivity contribution in [3.8, 4) is 0 Å². The van der Waals surface area contributed by atoms with Crippen molar-refractivity contribution >= 4 is 23.2 Å². The second kappa shape index (κ2) is 6.89. The Morgan fingerprint density at radius 2 is 1.41 bits per heavy atom. The van der Waals surface area contributed by atoms with E-state index < -0.39 is 0 Å². The lowest BCUT2D eigenvalue weighted by atomic mass is 10.1. The Hall–Kier alpha value is -2.62. The number of anilines is 2. The van der Waals surface area contributed by atoms with Gasteiger partial charge in [0.2, 0.25) is 11.8 Å². The molecule has 0 unspecified atom stereocenters. The number of para-hydroxylation sites is 1. The third-order valence-corrected chi connectivity index (χ3v) is 3.40. The fourth-order valence-corrected chi connectivity index (χ4v) is 2.20. The number of benzene rings is 2. The highest BCUT2D eigenvalue weighted by atomic mass is 16.2. The van der Waals surface area contributed by atoms with Crippen LogP contribution < -0.4 is 10.6 Å². The normalized spacial score (nSPS) is 10.1. The lowest BCUT2D eigenvalue weighted by Gasteiger charge is -2.10. The van der Waals surface area contributed by atoms with E-state index in [0.717, 1.165) is 28.1 Å². The Morgan fingerprint density at radius 3 is 2.00 bits per heavy atom. The van der Waals surface area contributed by atoms with E-state index in [1.165, 1.54) is 0 Å². The molecule has 0 radical (unpaired) electrons. The Morgan fingerprint density at radius 1 is 0.818 bits per heavy atom. The zero-order valence-corrected chi connectivity index (χ0v) is 13.1. The van der Waals surface area contributed by atoms with E-state index in [2.05, 4.69) is 10.6 Å². The maximum Gasteiger partial charge on any atom is 0.233 e. The molecule has 0 aliphatic heterocycles. The van der Waals surface area contributed by atoms with Gasteiger partial charge < -0.3 is 10.6 Å². The lowest BCUT2D eigenvalue weighted by molar-refractivity contribution is -0.123. The van der Waals surface area contributed by atoms with Crippen molar-refractivity contribution in [2.45, 2.75) is 27.2 Å². The predicted molar refractivity (Wildman–Crippen MR) is 89.0 cm³/mol. The van der Waals surface area contributed by atoms with Gasteiger partial charge in [-0.05, 0) is 44.0 Å². The molecule has 0 aliphatic carbocycles. The summed E-state index contributed by atoms with van der Waals surface area (Å²) in [4.78, 5) is 23.9. The molecule has 22 heavy (non-hydrogen) atoms. The summed E-state index contributed by atoms with van der Waals surface area (Å²) in [6.07, 6.45) is -0.207. The first kappa shape index (κ1) is 15.8. The average molecular weight is 296 g/mol. The first-order valence-electron chi connectivity index (χ1n) is 7.18. The average Bonchev–Trinajstić information content (AvgIpc) is 2.44. The highest BCUT2D eigenvalue weighted by Gasteiger charge is 2.11. The van der Waals surface area contributed by atoms with Gasteiger partial charge in [0.25, 0.3) is 0 Å². The van der Waals surface area contributed by atoms with Gasteiger partial charge in [-0.3, -0.25) is 9.59 Å². The lowest BCUT2D eigenvalue weighted by Crippen LogP contribution is -2.22. The molecule has 0 atom stereocenters. The minimum absolute atomic E-state index is 0.207. The number of aryl methyl sites for hydroxylation is 3. The van der Waals surface area contributed by atoms with Gasteiger partial charge in [-0.15, -0.1) is 0 Å². The van der Waals surface area contributed by atoms with Crippen LogP contribution in [0, 0.1) is 20.8 Å². The standard InChI is InChI=1S/C18H20N2O2/c1-12-8-9-16(14(3)10-12)20-18(22)11-17(21)19-15-7-5-4-6-13(15)2/h4-10H,11H2,1-3H3,(H,19,21)(H,20,22). The number of amides is 2. The van der Waals surface area contributed by atoms with Crippen LogP contribution in [-0.2, 0) is 9.59 Å². The first-order valence-corrected chi connectivity index (χ1v) is 7.18. The Balaban J connectivity index is 1.94. The van der Waals surface area contributed by atoms with Gasteiger partial charge in [-0.1, -0.05) is 35.9 Å². The van der Waals surface area contributed by atoms with Crippen molar-refractivity contribution in [3.05, 3.63) is 59.2 Å². The fourth-order valence-electron chi connectivity index (χ4n) is 2.20. The van der Waals surface area contributed by atoms with Gasteiger partial charge >= 0.3 is 0 Å². The number of hydrogen-bond acceptors (Lipinski definition) is 2. The molecule has 2 aromatic rings. The molecule has 0 aromatic heterocycles. The Bertz CT molecular complexity index is 708. The van der Waals surface area contributed by atoms with Gasteiger partial charge in [0.05, 0.1) is 0 Å². The van der Waals surface area contributed by atoms with Gasteiger partial charge in [-0.2, -0.15) is 0 Å². The van der Waals surface area contributed by atoms with E-state index in [4.69, 9.17) is 0 Å². The molecule has 2 N–H and O–H groups in total. The molecule has 0 heterocycles. The molecule has 2 rings (SSSR count). The molecule has 0 aliphatic rings. The van der Waals surface area contributed by atoms with Gasteiger partial charge in [-0.25, -0.2) is 0 Å². The quantitative estimate of drug-likeness (QED) is 0.847. The molecule has 2 amide bonds. The minimum Gasteiger partial charge on any atom is -0.325 e. The summed E-state index contributed by atoms with van der Waals surface area (Å²) in [5.74, 6) is -0.644. The Labute approximate surface area is 130 Å². The summed E-state index contributed by atoms with van der Waals surface area (Å²) >= 11 is 0. The maximum absolute atomic E-state index is 12.0. The van der Waals surface area contributed by atoms with Crippen LogP contribution in [0.1, 0.15) is 23.1 Å². The van der Waals surface area contributed by atoms with E-state index >= 15 is 0 Å². The van der Waals surface area contributed by atoms with Crippen LogP contribution in [0.15, 0.2) is 42.5 Å². The van der Waals surface area contributed by atoms with Crippen LogP contribution in [0.2, 0.25) is 0 Å². The van der Waals surface area contributed by atoms with Crippen molar-refractivity contribution in [2.24, 2.45) is 0 Å². The second-order valence-electron chi connectivity index (χ2n) is 5.41. The molecule has 0 saturated heterocycles. The summed E-state index contributed by atoms with van der Waals surface area (Å²) in [5.41, 5.74) is 4.54. The SMILES string of the molecule is Cc1ccc(NC(=O)CC(=O)Nc2ccccc2C)c(C)c1. The number of nitrogens with one attached hydrogen (secondary N) is 2. The molecule has 2 aromatic carbocycles. The highest BCUT2D eigenvalue weighted by molar-refractivity contribution is 6.08. The monoisotopic (exact) mass is 296 g/mol. The fraction of sp³-hybridized carbons (Fsp3) is 0.222. The van der Waals surface area contributed by atoms with E-state index in [1.807, 2.05) is 63.2 Å². The first-order chi connectivity index (χ1) is 10.5. The van der Waals surface area contributed by atoms with Crippen LogP contribution in [-0.4, -0.2) is 11.8 Å². The van der Waals surface area contributed by atoms with Crippen molar-refractivity contribution in [2.75, 3.05) is 10.6 Å². The minimum atomic E-state index is -0.323. The van der Waals surface area contributed by atoms with Gasteiger partial charge in [0, 0.05) is 11.4 Å². The zero-order valence-electron chi connectivity index (χ0n) is 13.1. The van der Waals surface area contributed by atoms with Gasteiger partial charge in [0.15, 0.2) is 0 Å². The zero-order chi connectivity index (χ0) is 16.1. The third kappa shape index (κ3) is 4.19. The topological polar surface area (TPSA) is 58.2 Å². The molecule has 4 heteroatoms. The molecule has 0 spiro atoms. The van der Waals surface area contributed by atoms with Crippen LogP contribution in [0.4, 0.5) is 11.4 Å². The van der Waals surface area contributed by atoms with E-state index in [9.17, 15) is 9.59 Å². The van der Waals surface area contributed by atoms with Crippen molar-refractivity contribution in [1.29, 1.82) is 0 Å². The molecule has 114 valence electrons. The van der Waals surface area contributed by atoms with Crippen molar-refractivity contribution < 1.29 is 9.59 Å². The van der Waals surface area contributed by atoms with Crippen LogP contribution in [0.3, 0.4) is 0 Å². The summed E-state index contributed by atoms with van der Waals surface area (Å²) in [6, 6.07) is 13.2. The van der Waals surface area contributed by atoms with E-state index in [0.29, 0.717) is 0 Å². The maximum atomic E-state index is 12.0. The number of carbonyl (C=O) groups is 2. The summed E-state index contributed by atoms with van der Waals surface area (Å²) < 4.78 is 0. The number of carbonyl (C=O) groups excluding carboxylic acids is 2. The second-order valence-corrected chi connectivity index (χ2v) is 5.41. The van der Waals surface area contributed by atoms with Gasteiger partial charge in [0.1, 0.15) is 6.42 Å². The van der Waals surface area contributed by atoms with Crippen molar-refractivity contribution in [3.63, 3.8) is 0 Å². The van der Waals surface area contributed by atoms with Crippen LogP contribution in [0.25, 0.3) is 0 Å². The van der Waals surface area contributed by atoms with E-state index in [1.54, 1.807) is 0 Å². The molecule has 0 saturated carbocycles. The van der Waals surface area contributed by atoms with Crippen LogP contribution >= 0.6 is 0 Å². The Kier molecular flexibility index (Phi) is 4.94. The summed E-state index contributed by atoms with van der Waals surface area (Å²) in [5, 5.41) is 5.52. The predicted octanol–water partition coefficient (Wildman–Crippen LogP) is 3.58. The smallest absolute Gasteiger partial charge is 0.233 e. The number of hydrogen-bond donors (Lipinski definition) is 2.